The SMILES string of the molecule is C[C@@H]1CCC[C@@H]([NH+]2CCN(c3ccc([N+](=O)[O-])cc3)CC2)C1. The number of nitrogens with zero attached hydrogens (tertiary/aromatic N) is 2. The molecule has 1 saturated heterocycles. The van der Waals surface area contributed by atoms with Gasteiger partial charge in [0.1, 0.15) is 0 Å². The number of non-ortho nitro benzene ring substituents is 1. The molecule has 1 aliphatic carbocycles. The summed E-state index contributed by atoms with van der Waals surface area (Å²) < 4.78 is 0. The van der Waals surface area contributed by atoms with Gasteiger partial charge in [0.05, 0.1) is 37.1 Å². The van der Waals surface area contributed by atoms with Gasteiger partial charge in [0, 0.05) is 24.2 Å². The summed E-state index contributed by atoms with van der Waals surface area (Å²) in [5, 5.41) is 10.7. The van der Waals surface area contributed by atoms with Gasteiger partial charge < -0.3 is 9.80 Å². The van der Waals surface area contributed by atoms with Gasteiger partial charge in [0.25, 0.3) is 5.69 Å². The Kier molecular flexibility index (Phi) is 4.62. The van der Waals surface area contributed by atoms with Crippen LogP contribution in [-0.4, -0.2) is 37.1 Å². The predicted molar refractivity (Wildman–Crippen MR) is 87.4 cm³/mol. The van der Waals surface area contributed by atoms with Crippen LogP contribution in [0.1, 0.15) is 32.6 Å². The summed E-state index contributed by atoms with van der Waals surface area (Å²) in [6.45, 7) is 6.87. The van der Waals surface area contributed by atoms with Crippen molar-refractivity contribution in [2.75, 3.05) is 31.1 Å². The first kappa shape index (κ1) is 15.3. The molecule has 0 bridgehead atoms. The number of nitro benzene ring substituents is 1. The number of quaternary nitrogens is 1. The zero-order valence-corrected chi connectivity index (χ0v) is 13.3. The van der Waals surface area contributed by atoms with Gasteiger partial charge in [-0.1, -0.05) is 13.3 Å². The predicted octanol–water partition coefficient (Wildman–Crippen LogP) is 1.88. The maximum absolute atomic E-state index is 10.7. The van der Waals surface area contributed by atoms with Crippen molar-refractivity contribution in [3.63, 3.8) is 0 Å². The van der Waals surface area contributed by atoms with Crippen molar-refractivity contribution in [3.05, 3.63) is 34.4 Å². The lowest BCUT2D eigenvalue weighted by Gasteiger charge is -2.40. The summed E-state index contributed by atoms with van der Waals surface area (Å²) in [6, 6.07) is 7.83. The normalized spacial score (nSPS) is 26.9. The third-order valence-corrected chi connectivity index (χ3v) is 5.35. The molecule has 5 heteroatoms. The molecule has 1 aliphatic heterocycles. The van der Waals surface area contributed by atoms with Gasteiger partial charge in [-0.15, -0.1) is 0 Å². The quantitative estimate of drug-likeness (QED) is 0.685. The highest BCUT2D eigenvalue weighted by Crippen LogP contribution is 2.23. The average Bonchev–Trinajstić information content (AvgIpc) is 2.55. The lowest BCUT2D eigenvalue weighted by atomic mass is 9.86. The molecule has 2 atom stereocenters. The van der Waals surface area contributed by atoms with Crippen molar-refractivity contribution in [2.45, 2.75) is 38.6 Å². The first-order valence-corrected chi connectivity index (χ1v) is 8.47. The van der Waals surface area contributed by atoms with Crippen LogP contribution in [-0.2, 0) is 0 Å². The highest BCUT2D eigenvalue weighted by molar-refractivity contribution is 5.50. The van der Waals surface area contributed by atoms with Crippen LogP contribution in [0.2, 0.25) is 0 Å². The molecule has 22 heavy (non-hydrogen) atoms. The fourth-order valence-corrected chi connectivity index (χ4v) is 4.05. The van der Waals surface area contributed by atoms with E-state index in [1.54, 1.807) is 17.0 Å². The summed E-state index contributed by atoms with van der Waals surface area (Å²) in [6.07, 6.45) is 5.56. The van der Waals surface area contributed by atoms with Crippen LogP contribution in [0, 0.1) is 16.0 Å². The zero-order chi connectivity index (χ0) is 15.5. The molecule has 120 valence electrons. The molecule has 1 heterocycles. The van der Waals surface area contributed by atoms with Crippen LogP contribution >= 0.6 is 0 Å². The van der Waals surface area contributed by atoms with Crippen LogP contribution in [0.5, 0.6) is 0 Å². The number of piperazine rings is 1. The summed E-state index contributed by atoms with van der Waals surface area (Å²) in [5.74, 6) is 0.888. The first-order valence-electron chi connectivity index (χ1n) is 8.47. The topological polar surface area (TPSA) is 50.8 Å². The fourth-order valence-electron chi connectivity index (χ4n) is 4.05. The Morgan fingerprint density at radius 2 is 1.86 bits per heavy atom. The monoisotopic (exact) mass is 304 g/mol. The Morgan fingerprint density at radius 3 is 2.45 bits per heavy atom. The van der Waals surface area contributed by atoms with Crippen LogP contribution < -0.4 is 9.80 Å². The molecule has 3 rings (SSSR count). The minimum Gasteiger partial charge on any atom is -0.360 e. The second-order valence-electron chi connectivity index (χ2n) is 6.89. The van der Waals surface area contributed by atoms with Crippen molar-refractivity contribution in [2.24, 2.45) is 5.92 Å². The van der Waals surface area contributed by atoms with Crippen LogP contribution in [0.25, 0.3) is 0 Å². The van der Waals surface area contributed by atoms with Crippen molar-refractivity contribution >= 4 is 11.4 Å². The average molecular weight is 304 g/mol. The Hall–Kier alpha value is -1.62. The van der Waals surface area contributed by atoms with Gasteiger partial charge in [-0.3, -0.25) is 10.1 Å². The van der Waals surface area contributed by atoms with Gasteiger partial charge in [0.15, 0.2) is 0 Å². The van der Waals surface area contributed by atoms with E-state index in [-0.39, 0.29) is 10.6 Å². The van der Waals surface area contributed by atoms with Crippen LogP contribution in [0.4, 0.5) is 11.4 Å². The Balaban J connectivity index is 1.56. The van der Waals surface area contributed by atoms with E-state index in [4.69, 9.17) is 0 Å². The van der Waals surface area contributed by atoms with Crippen LogP contribution in [0.15, 0.2) is 24.3 Å². The first-order chi connectivity index (χ1) is 10.6. The second kappa shape index (κ2) is 6.65. The summed E-state index contributed by atoms with van der Waals surface area (Å²) in [5.41, 5.74) is 1.28. The maximum atomic E-state index is 10.7. The molecule has 0 amide bonds. The molecule has 1 saturated carbocycles. The number of nitrogens with one attached hydrogen (secondary N) is 1. The van der Waals surface area contributed by atoms with E-state index in [0.29, 0.717) is 0 Å². The Bertz CT molecular complexity index is 509. The minimum atomic E-state index is -0.337. The minimum absolute atomic E-state index is 0.171. The van der Waals surface area contributed by atoms with Gasteiger partial charge in [0.2, 0.25) is 0 Å². The Labute approximate surface area is 132 Å². The van der Waals surface area contributed by atoms with Gasteiger partial charge in [-0.25, -0.2) is 0 Å². The highest BCUT2D eigenvalue weighted by atomic mass is 16.6. The maximum Gasteiger partial charge on any atom is 0.269 e. The Morgan fingerprint density at radius 1 is 1.18 bits per heavy atom. The van der Waals surface area contributed by atoms with Gasteiger partial charge >= 0.3 is 0 Å². The number of hydrogen-bond acceptors (Lipinski definition) is 3. The molecule has 0 aromatic heterocycles. The largest absolute Gasteiger partial charge is 0.360 e. The molecule has 1 N–H and O–H groups in total. The fraction of sp³-hybridized carbons (Fsp3) is 0.647. The third-order valence-electron chi connectivity index (χ3n) is 5.35. The summed E-state index contributed by atoms with van der Waals surface area (Å²) in [4.78, 5) is 14.5. The number of hydrogen-bond donors (Lipinski definition) is 1. The van der Waals surface area contributed by atoms with E-state index < -0.39 is 0 Å². The molecule has 0 radical (unpaired) electrons. The molecular weight excluding hydrogens is 278 g/mol. The van der Waals surface area contributed by atoms with Gasteiger partial charge in [-0.2, -0.15) is 0 Å². The number of nitro groups is 1. The van der Waals surface area contributed by atoms with E-state index in [1.165, 1.54) is 38.8 Å². The van der Waals surface area contributed by atoms with E-state index in [0.717, 1.165) is 30.7 Å². The van der Waals surface area contributed by atoms with Gasteiger partial charge in [-0.05, 0) is 30.9 Å². The number of rotatable bonds is 3. The molecule has 5 nitrogen and oxygen atoms in total. The van der Waals surface area contributed by atoms with Crippen molar-refractivity contribution < 1.29 is 9.82 Å². The highest BCUT2D eigenvalue weighted by Gasteiger charge is 2.30. The molecule has 0 spiro atoms. The third kappa shape index (κ3) is 3.40. The number of benzene rings is 1. The summed E-state index contributed by atoms with van der Waals surface area (Å²) >= 11 is 0. The van der Waals surface area contributed by atoms with E-state index >= 15 is 0 Å². The molecular formula is C17H26N3O2+. The van der Waals surface area contributed by atoms with Crippen molar-refractivity contribution in [1.82, 2.24) is 0 Å². The summed E-state index contributed by atoms with van der Waals surface area (Å²) in [7, 11) is 0. The van der Waals surface area contributed by atoms with E-state index in [9.17, 15) is 10.1 Å². The van der Waals surface area contributed by atoms with Crippen molar-refractivity contribution in [1.29, 1.82) is 0 Å². The lowest BCUT2D eigenvalue weighted by Crippen LogP contribution is -3.18. The molecule has 0 unspecified atom stereocenters. The standard InChI is InChI=1S/C17H25N3O2/c1-14-3-2-4-17(13-14)19-11-9-18(10-12-19)15-5-7-16(8-6-15)20(21)22/h5-8,14,17H,2-4,9-13H2,1H3/p+1/t14-,17-/m1/s1. The van der Waals surface area contributed by atoms with Crippen molar-refractivity contribution in [3.8, 4) is 0 Å². The van der Waals surface area contributed by atoms with E-state index in [1.807, 2.05) is 12.1 Å². The zero-order valence-electron chi connectivity index (χ0n) is 13.3. The molecule has 2 fully saturated rings. The molecule has 1 aromatic rings. The smallest absolute Gasteiger partial charge is 0.269 e. The molecule has 1 aromatic carbocycles. The molecule has 2 aliphatic rings. The second-order valence-corrected chi connectivity index (χ2v) is 6.89. The van der Waals surface area contributed by atoms with Crippen LogP contribution in [0.3, 0.4) is 0 Å². The number of anilines is 1. The lowest BCUT2D eigenvalue weighted by molar-refractivity contribution is -0.927. The van der Waals surface area contributed by atoms with E-state index in [2.05, 4.69) is 11.8 Å².